The zero-order valence-electron chi connectivity index (χ0n) is 15.4. The molecule has 7 heteroatoms. The Morgan fingerprint density at radius 1 is 1.12 bits per heavy atom. The van der Waals surface area contributed by atoms with Gasteiger partial charge in [0.1, 0.15) is 11.6 Å². The highest BCUT2D eigenvalue weighted by atomic mass is 16.6. The molecule has 2 rings (SSSR count). The van der Waals surface area contributed by atoms with Crippen LogP contribution >= 0.6 is 0 Å². The van der Waals surface area contributed by atoms with E-state index in [1.807, 2.05) is 0 Å². The topological polar surface area (TPSA) is 98.8 Å². The van der Waals surface area contributed by atoms with E-state index in [0.717, 1.165) is 19.3 Å². The van der Waals surface area contributed by atoms with Crippen molar-refractivity contribution in [1.29, 1.82) is 0 Å². The van der Waals surface area contributed by atoms with Gasteiger partial charge in [0.15, 0.2) is 0 Å². The van der Waals surface area contributed by atoms with Crippen LogP contribution in [0.5, 0.6) is 0 Å². The van der Waals surface area contributed by atoms with Crippen LogP contribution < -0.4 is 10.4 Å². The normalized spacial score (nSPS) is 27.0. The number of ether oxygens (including phenoxy) is 1. The summed E-state index contributed by atoms with van der Waals surface area (Å²) in [6, 6.07) is -0.477. The fourth-order valence-corrected chi connectivity index (χ4v) is 3.54. The number of rotatable bonds is 4. The Morgan fingerprint density at radius 2 is 1.76 bits per heavy atom. The van der Waals surface area contributed by atoms with Gasteiger partial charge < -0.3 is 20.0 Å². The van der Waals surface area contributed by atoms with Crippen molar-refractivity contribution < 1.29 is 24.2 Å². The van der Waals surface area contributed by atoms with Gasteiger partial charge in [0.2, 0.25) is 5.91 Å². The molecule has 1 heterocycles. The minimum absolute atomic E-state index is 0.148. The van der Waals surface area contributed by atoms with Crippen LogP contribution in [-0.2, 0) is 14.3 Å². The second-order valence-electron chi connectivity index (χ2n) is 8.11. The van der Waals surface area contributed by atoms with E-state index in [2.05, 4.69) is 5.32 Å². The number of carboxylic acid groups (broad SMARTS) is 1. The average molecular weight is 353 g/mol. The molecule has 1 saturated carbocycles. The largest absolute Gasteiger partial charge is 0.550 e. The summed E-state index contributed by atoms with van der Waals surface area (Å²) in [6.07, 6.45) is 3.75. The highest BCUT2D eigenvalue weighted by Crippen LogP contribution is 2.28. The lowest BCUT2D eigenvalue weighted by atomic mass is 9.82. The molecule has 0 aromatic carbocycles. The Hall–Kier alpha value is -1.79. The predicted molar refractivity (Wildman–Crippen MR) is 89.4 cm³/mol. The van der Waals surface area contributed by atoms with Crippen LogP contribution in [0.2, 0.25) is 0 Å². The standard InChI is InChI=1S/C18H30N2O5/c1-18(2,3)25-17(24)20-10-4-5-14(20)15(21)19-11-12-6-8-13(9-7-12)16(22)23/h12-14H,4-11H2,1-3H3,(H,19,21)(H,22,23)/p-1/t12?,13?,14-/m1/s1. The maximum Gasteiger partial charge on any atom is 0.410 e. The number of nitrogens with zero attached hydrogens (tertiary/aromatic N) is 1. The lowest BCUT2D eigenvalue weighted by Gasteiger charge is -2.30. The molecule has 0 radical (unpaired) electrons. The van der Waals surface area contributed by atoms with Crippen molar-refractivity contribution in [3.8, 4) is 0 Å². The van der Waals surface area contributed by atoms with Gasteiger partial charge in [-0.25, -0.2) is 4.79 Å². The van der Waals surface area contributed by atoms with Gasteiger partial charge in [-0.1, -0.05) is 0 Å². The van der Waals surface area contributed by atoms with Crippen molar-refractivity contribution in [3.05, 3.63) is 0 Å². The smallest absolute Gasteiger partial charge is 0.410 e. The van der Waals surface area contributed by atoms with E-state index < -0.39 is 23.7 Å². The summed E-state index contributed by atoms with van der Waals surface area (Å²) in [7, 11) is 0. The summed E-state index contributed by atoms with van der Waals surface area (Å²) in [6.45, 7) is 6.47. The number of likely N-dealkylation sites (tertiary alicyclic amines) is 1. The summed E-state index contributed by atoms with van der Waals surface area (Å²) in [5.74, 6) is -1.19. The Kier molecular flexibility index (Phi) is 6.30. The van der Waals surface area contributed by atoms with Crippen molar-refractivity contribution in [2.24, 2.45) is 11.8 Å². The summed E-state index contributed by atoms with van der Waals surface area (Å²) in [5, 5.41) is 13.8. The molecule has 0 spiro atoms. The van der Waals surface area contributed by atoms with E-state index in [1.165, 1.54) is 4.90 Å². The number of carbonyl (C=O) groups is 3. The highest BCUT2D eigenvalue weighted by Gasteiger charge is 2.36. The molecule has 25 heavy (non-hydrogen) atoms. The molecule has 0 unspecified atom stereocenters. The van der Waals surface area contributed by atoms with Crippen LogP contribution in [0.3, 0.4) is 0 Å². The molecule has 0 aromatic heterocycles. The maximum atomic E-state index is 12.5. The van der Waals surface area contributed by atoms with Crippen LogP contribution in [0.1, 0.15) is 59.3 Å². The summed E-state index contributed by atoms with van der Waals surface area (Å²) >= 11 is 0. The second kappa shape index (κ2) is 8.06. The van der Waals surface area contributed by atoms with Gasteiger partial charge in [0.05, 0.1) is 0 Å². The first-order chi connectivity index (χ1) is 11.7. The van der Waals surface area contributed by atoms with Crippen LogP contribution in [-0.4, -0.2) is 47.6 Å². The third kappa shape index (κ3) is 5.61. The third-order valence-electron chi connectivity index (χ3n) is 4.93. The second-order valence-corrected chi connectivity index (χ2v) is 8.11. The number of hydrogen-bond donors (Lipinski definition) is 1. The minimum Gasteiger partial charge on any atom is -0.550 e. The SMILES string of the molecule is CC(C)(C)OC(=O)N1CCC[C@@H]1C(=O)NCC1CCC(C(=O)[O-])CC1. The third-order valence-corrected chi connectivity index (χ3v) is 4.93. The van der Waals surface area contributed by atoms with E-state index in [9.17, 15) is 19.5 Å². The molecule has 1 aliphatic carbocycles. The molecule has 2 amide bonds. The number of amides is 2. The minimum atomic E-state index is -0.971. The van der Waals surface area contributed by atoms with Gasteiger partial charge in [-0.05, 0) is 71.1 Å². The van der Waals surface area contributed by atoms with Crippen molar-refractivity contribution in [3.63, 3.8) is 0 Å². The van der Waals surface area contributed by atoms with Crippen LogP contribution in [0.25, 0.3) is 0 Å². The molecule has 1 saturated heterocycles. The maximum absolute atomic E-state index is 12.5. The number of aliphatic carboxylic acids is 1. The lowest BCUT2D eigenvalue weighted by molar-refractivity contribution is -0.312. The molecule has 2 aliphatic rings. The molecule has 7 nitrogen and oxygen atoms in total. The van der Waals surface area contributed by atoms with Gasteiger partial charge in [-0.15, -0.1) is 0 Å². The zero-order valence-corrected chi connectivity index (χ0v) is 15.4. The van der Waals surface area contributed by atoms with E-state index in [0.29, 0.717) is 32.4 Å². The first-order valence-electron chi connectivity index (χ1n) is 9.15. The van der Waals surface area contributed by atoms with Crippen molar-refractivity contribution in [1.82, 2.24) is 10.2 Å². The van der Waals surface area contributed by atoms with Gasteiger partial charge in [-0.2, -0.15) is 0 Å². The summed E-state index contributed by atoms with van der Waals surface area (Å²) in [5.41, 5.74) is -0.585. The number of carbonyl (C=O) groups excluding carboxylic acids is 3. The summed E-state index contributed by atoms with van der Waals surface area (Å²) < 4.78 is 5.38. The van der Waals surface area contributed by atoms with Gasteiger partial charge in [0.25, 0.3) is 0 Å². The average Bonchev–Trinajstić information content (AvgIpc) is 3.01. The fraction of sp³-hybridized carbons (Fsp3) is 0.833. The van der Waals surface area contributed by atoms with Crippen molar-refractivity contribution in [2.45, 2.75) is 70.9 Å². The lowest BCUT2D eigenvalue weighted by Crippen LogP contribution is -2.48. The first-order valence-corrected chi connectivity index (χ1v) is 9.15. The Morgan fingerprint density at radius 3 is 2.32 bits per heavy atom. The quantitative estimate of drug-likeness (QED) is 0.815. The van der Waals surface area contributed by atoms with E-state index in [4.69, 9.17) is 4.74 Å². The van der Waals surface area contributed by atoms with E-state index in [-0.39, 0.29) is 17.7 Å². The van der Waals surface area contributed by atoms with Gasteiger partial charge in [-0.3, -0.25) is 9.69 Å². The predicted octanol–water partition coefficient (Wildman–Crippen LogP) is 1.06. The molecule has 0 bridgehead atoms. The first kappa shape index (κ1) is 19.5. The molecule has 1 atom stereocenters. The molecular weight excluding hydrogens is 324 g/mol. The number of nitrogens with one attached hydrogen (secondary N) is 1. The zero-order chi connectivity index (χ0) is 18.6. The summed E-state index contributed by atoms with van der Waals surface area (Å²) in [4.78, 5) is 37.1. The monoisotopic (exact) mass is 353 g/mol. The number of hydrogen-bond acceptors (Lipinski definition) is 5. The van der Waals surface area contributed by atoms with Gasteiger partial charge >= 0.3 is 6.09 Å². The molecular formula is C18H29N2O5-. The van der Waals surface area contributed by atoms with Crippen molar-refractivity contribution >= 4 is 18.0 Å². The molecule has 0 aromatic rings. The molecule has 1 aliphatic heterocycles. The van der Waals surface area contributed by atoms with Crippen LogP contribution in [0.4, 0.5) is 4.79 Å². The fourth-order valence-electron chi connectivity index (χ4n) is 3.54. The van der Waals surface area contributed by atoms with E-state index in [1.54, 1.807) is 20.8 Å². The van der Waals surface area contributed by atoms with E-state index >= 15 is 0 Å². The van der Waals surface area contributed by atoms with Crippen LogP contribution in [0, 0.1) is 11.8 Å². The Balaban J connectivity index is 1.80. The molecule has 142 valence electrons. The molecule has 2 fully saturated rings. The van der Waals surface area contributed by atoms with Gasteiger partial charge in [0, 0.05) is 19.1 Å². The Bertz CT molecular complexity index is 506. The van der Waals surface area contributed by atoms with Crippen molar-refractivity contribution in [2.75, 3.05) is 13.1 Å². The Labute approximate surface area is 149 Å². The number of carboxylic acids is 1. The highest BCUT2D eigenvalue weighted by molar-refractivity contribution is 5.86. The van der Waals surface area contributed by atoms with Crippen LogP contribution in [0.15, 0.2) is 0 Å². The molecule has 1 N–H and O–H groups in total.